The first-order valence-electron chi connectivity index (χ1n) is 7.83. The van der Waals surface area contributed by atoms with E-state index < -0.39 is 0 Å². The third-order valence-electron chi connectivity index (χ3n) is 4.77. The molecule has 0 aromatic heterocycles. The number of benzene rings is 1. The van der Waals surface area contributed by atoms with Crippen molar-refractivity contribution in [3.8, 4) is 0 Å². The number of halogens is 2. The van der Waals surface area contributed by atoms with Crippen LogP contribution in [-0.2, 0) is 0 Å². The van der Waals surface area contributed by atoms with Crippen molar-refractivity contribution in [1.82, 2.24) is 4.90 Å². The fourth-order valence-electron chi connectivity index (χ4n) is 3.76. The predicted molar refractivity (Wildman–Crippen MR) is 85.0 cm³/mol. The Bertz CT molecular complexity index is 504. The van der Waals surface area contributed by atoms with Crippen molar-refractivity contribution < 1.29 is 4.39 Å². The minimum absolute atomic E-state index is 0.102. The third-order valence-corrected chi connectivity index (χ3v) is 5.06. The van der Waals surface area contributed by atoms with Crippen molar-refractivity contribution in [2.24, 2.45) is 5.73 Å². The lowest BCUT2D eigenvalue weighted by Gasteiger charge is -2.47. The van der Waals surface area contributed by atoms with Gasteiger partial charge in [0.2, 0.25) is 0 Å². The van der Waals surface area contributed by atoms with Crippen LogP contribution in [0.2, 0.25) is 5.02 Å². The molecular formula is C16H23ClFN3. The van der Waals surface area contributed by atoms with E-state index >= 15 is 0 Å². The molecule has 1 heterocycles. The molecule has 1 aliphatic carbocycles. The number of hydrogen-bond acceptors (Lipinski definition) is 3. The first kappa shape index (κ1) is 15.1. The largest absolute Gasteiger partial charge is 0.367 e. The van der Waals surface area contributed by atoms with Gasteiger partial charge >= 0.3 is 0 Å². The maximum atomic E-state index is 13.3. The van der Waals surface area contributed by atoms with Gasteiger partial charge in [0.1, 0.15) is 5.82 Å². The van der Waals surface area contributed by atoms with Crippen LogP contribution in [0.25, 0.3) is 0 Å². The first-order valence-corrected chi connectivity index (χ1v) is 8.21. The van der Waals surface area contributed by atoms with Gasteiger partial charge in [0.25, 0.3) is 0 Å². The molecule has 2 atom stereocenters. The molecule has 1 saturated heterocycles. The van der Waals surface area contributed by atoms with Crippen molar-refractivity contribution in [2.45, 2.75) is 50.2 Å². The van der Waals surface area contributed by atoms with Gasteiger partial charge in [-0.15, -0.1) is 0 Å². The lowest BCUT2D eigenvalue weighted by molar-refractivity contribution is 0.0910. The van der Waals surface area contributed by atoms with Gasteiger partial charge in [-0.2, -0.15) is 0 Å². The van der Waals surface area contributed by atoms with Gasteiger partial charge < -0.3 is 11.1 Å². The van der Waals surface area contributed by atoms with Gasteiger partial charge in [0, 0.05) is 24.8 Å². The highest BCUT2D eigenvalue weighted by Gasteiger charge is 2.41. The molecule has 2 unspecified atom stereocenters. The topological polar surface area (TPSA) is 41.3 Å². The van der Waals surface area contributed by atoms with Gasteiger partial charge in [0.15, 0.2) is 0 Å². The maximum absolute atomic E-state index is 13.3. The first-order chi connectivity index (χ1) is 10.1. The minimum Gasteiger partial charge on any atom is -0.367 e. The Morgan fingerprint density at radius 2 is 2.05 bits per heavy atom. The number of rotatable bonds is 3. The average molecular weight is 312 g/mol. The quantitative estimate of drug-likeness (QED) is 0.896. The second kappa shape index (κ2) is 6.11. The molecule has 0 amide bonds. The van der Waals surface area contributed by atoms with Crippen molar-refractivity contribution in [2.75, 3.05) is 18.4 Å². The molecule has 1 aliphatic heterocycles. The van der Waals surface area contributed by atoms with Crippen molar-refractivity contribution in [3.05, 3.63) is 29.0 Å². The van der Waals surface area contributed by atoms with E-state index in [2.05, 4.69) is 10.2 Å². The summed E-state index contributed by atoms with van der Waals surface area (Å²) in [5.41, 5.74) is 7.01. The average Bonchev–Trinajstić information content (AvgIpc) is 2.98. The highest BCUT2D eigenvalue weighted by atomic mass is 35.5. The van der Waals surface area contributed by atoms with E-state index in [9.17, 15) is 4.39 Å². The van der Waals surface area contributed by atoms with E-state index in [0.29, 0.717) is 0 Å². The molecule has 1 saturated carbocycles. The van der Waals surface area contributed by atoms with E-state index in [1.165, 1.54) is 18.9 Å². The van der Waals surface area contributed by atoms with E-state index in [4.69, 9.17) is 17.3 Å². The Kier molecular flexibility index (Phi) is 4.38. The number of nitrogens with zero attached hydrogens (tertiary/aromatic N) is 1. The molecule has 2 fully saturated rings. The lowest BCUT2D eigenvalue weighted by Crippen LogP contribution is -2.58. The normalized spacial score (nSPS) is 30.5. The van der Waals surface area contributed by atoms with Crippen LogP contribution in [0.3, 0.4) is 0 Å². The molecule has 0 spiro atoms. The Balaban J connectivity index is 1.85. The molecule has 3 rings (SSSR count). The Morgan fingerprint density at radius 1 is 1.29 bits per heavy atom. The summed E-state index contributed by atoms with van der Waals surface area (Å²) in [6, 6.07) is 5.09. The van der Waals surface area contributed by atoms with E-state index in [1.807, 2.05) is 0 Å². The Labute approximate surface area is 130 Å². The monoisotopic (exact) mass is 311 g/mol. The molecular weight excluding hydrogens is 289 g/mol. The summed E-state index contributed by atoms with van der Waals surface area (Å²) in [4.78, 5) is 2.52. The van der Waals surface area contributed by atoms with Crippen LogP contribution in [0.15, 0.2) is 18.2 Å². The van der Waals surface area contributed by atoms with E-state index in [0.717, 1.165) is 44.5 Å². The molecule has 3 N–H and O–H groups in total. The number of likely N-dealkylation sites (tertiary alicyclic amines) is 1. The molecule has 116 valence electrons. The molecule has 0 radical (unpaired) electrons. The number of nitrogens with one attached hydrogen (secondary N) is 1. The van der Waals surface area contributed by atoms with Crippen LogP contribution < -0.4 is 11.1 Å². The summed E-state index contributed by atoms with van der Waals surface area (Å²) in [6.45, 7) is 2.21. The summed E-state index contributed by atoms with van der Waals surface area (Å²) in [5.74, 6) is -0.377. The highest BCUT2D eigenvalue weighted by Crippen LogP contribution is 2.37. The van der Waals surface area contributed by atoms with E-state index in [1.54, 1.807) is 12.1 Å². The van der Waals surface area contributed by atoms with Crippen LogP contribution in [-0.4, -0.2) is 29.7 Å². The number of anilines is 1. The molecule has 3 nitrogen and oxygen atoms in total. The van der Waals surface area contributed by atoms with Crippen LogP contribution in [0.5, 0.6) is 0 Å². The minimum atomic E-state index is -0.377. The fraction of sp³-hybridized carbons (Fsp3) is 0.625. The van der Waals surface area contributed by atoms with E-state index in [-0.39, 0.29) is 22.5 Å². The molecule has 1 aromatic rings. The Hall–Kier alpha value is -0.840. The summed E-state index contributed by atoms with van der Waals surface area (Å²) < 4.78 is 13.3. The zero-order chi connectivity index (χ0) is 14.9. The van der Waals surface area contributed by atoms with Gasteiger partial charge in [-0.3, -0.25) is 4.90 Å². The van der Waals surface area contributed by atoms with Gasteiger partial charge in [-0.1, -0.05) is 11.6 Å². The second-order valence-electron chi connectivity index (χ2n) is 6.34. The van der Waals surface area contributed by atoms with Crippen molar-refractivity contribution in [1.29, 1.82) is 0 Å². The predicted octanol–water partition coefficient (Wildman–Crippen LogP) is 3.58. The molecule has 21 heavy (non-hydrogen) atoms. The third kappa shape index (κ3) is 3.17. The highest BCUT2D eigenvalue weighted by molar-refractivity contribution is 6.31. The zero-order valence-corrected chi connectivity index (χ0v) is 13.0. The number of nitrogens with two attached hydrogens (primary N) is 1. The van der Waals surface area contributed by atoms with Crippen molar-refractivity contribution in [3.63, 3.8) is 0 Å². The van der Waals surface area contributed by atoms with Crippen molar-refractivity contribution >= 4 is 17.3 Å². The van der Waals surface area contributed by atoms with Crippen LogP contribution >= 0.6 is 11.6 Å². The SMILES string of the molecule is NC1CCCC(Nc2ccc(F)c(Cl)c2)(N2CCCC2)C1. The molecule has 5 heteroatoms. The van der Waals surface area contributed by atoms with Crippen LogP contribution in [0.4, 0.5) is 10.1 Å². The molecule has 0 bridgehead atoms. The zero-order valence-electron chi connectivity index (χ0n) is 12.2. The summed E-state index contributed by atoms with van der Waals surface area (Å²) in [6.07, 6.45) is 6.70. The lowest BCUT2D eigenvalue weighted by atomic mass is 9.84. The Morgan fingerprint density at radius 3 is 2.71 bits per heavy atom. The number of hydrogen-bond donors (Lipinski definition) is 2. The molecule has 2 aliphatic rings. The smallest absolute Gasteiger partial charge is 0.141 e. The fourth-order valence-corrected chi connectivity index (χ4v) is 3.94. The summed E-state index contributed by atoms with van der Waals surface area (Å²) in [5, 5.41) is 3.79. The second-order valence-corrected chi connectivity index (χ2v) is 6.74. The van der Waals surface area contributed by atoms with Gasteiger partial charge in [-0.25, -0.2) is 4.39 Å². The molecule has 1 aromatic carbocycles. The summed E-state index contributed by atoms with van der Waals surface area (Å²) >= 11 is 5.91. The van der Waals surface area contributed by atoms with Gasteiger partial charge in [-0.05, 0) is 56.7 Å². The standard InChI is InChI=1S/C16H23ClFN3/c17-14-10-13(5-6-15(14)18)20-16(21-8-1-2-9-21)7-3-4-12(19)11-16/h5-6,10,12,20H,1-4,7-9,11,19H2. The van der Waals surface area contributed by atoms with Crippen LogP contribution in [0.1, 0.15) is 38.5 Å². The van der Waals surface area contributed by atoms with Crippen LogP contribution in [0, 0.1) is 5.82 Å². The summed E-state index contributed by atoms with van der Waals surface area (Å²) in [7, 11) is 0. The van der Waals surface area contributed by atoms with Gasteiger partial charge in [0.05, 0.1) is 10.7 Å². The maximum Gasteiger partial charge on any atom is 0.141 e.